The topological polar surface area (TPSA) is 55.8 Å². The van der Waals surface area contributed by atoms with Gasteiger partial charge in [0, 0.05) is 6.07 Å². The summed E-state index contributed by atoms with van der Waals surface area (Å²) < 4.78 is 39.0. The van der Waals surface area contributed by atoms with Crippen molar-refractivity contribution < 1.29 is 17.9 Å². The van der Waals surface area contributed by atoms with E-state index in [1.54, 1.807) is 55.6 Å². The zero-order chi connectivity index (χ0) is 20.1. The van der Waals surface area contributed by atoms with Crippen LogP contribution in [-0.2, 0) is 16.6 Å². The van der Waals surface area contributed by atoms with Crippen molar-refractivity contribution in [1.29, 1.82) is 0 Å². The Bertz CT molecular complexity index is 1030. The van der Waals surface area contributed by atoms with E-state index in [9.17, 15) is 8.42 Å². The normalized spacial score (nSPS) is 11.1. The van der Waals surface area contributed by atoms with Crippen LogP contribution in [0.2, 0.25) is 0 Å². The van der Waals surface area contributed by atoms with Crippen molar-refractivity contribution in [2.75, 3.05) is 18.5 Å². The number of hydrogen-bond donors (Lipinski definition) is 0. The van der Waals surface area contributed by atoms with Gasteiger partial charge in [-0.1, -0.05) is 48.0 Å². The predicted octanol–water partition coefficient (Wildman–Crippen LogP) is 4.41. The standard InChI is InChI=1S/C22H23NO4S/c1-17-9-11-18(12-10-17)16-23(28(24,25)20-7-5-4-6-8-20)21-14-13-19(26-2)15-22(21)27-3/h4-15H,16H2,1-3H3. The average molecular weight is 397 g/mol. The number of hydrogen-bond acceptors (Lipinski definition) is 4. The van der Waals surface area contributed by atoms with Crippen LogP contribution in [0.3, 0.4) is 0 Å². The molecule has 6 heteroatoms. The number of anilines is 1. The van der Waals surface area contributed by atoms with Crippen LogP contribution in [0.4, 0.5) is 5.69 Å². The number of aryl methyl sites for hydroxylation is 1. The fourth-order valence-electron chi connectivity index (χ4n) is 2.87. The fraction of sp³-hybridized carbons (Fsp3) is 0.182. The molecule has 0 unspecified atom stereocenters. The van der Waals surface area contributed by atoms with Crippen LogP contribution >= 0.6 is 0 Å². The summed E-state index contributed by atoms with van der Waals surface area (Å²) in [6.07, 6.45) is 0. The molecule has 0 fully saturated rings. The van der Waals surface area contributed by atoms with Crippen LogP contribution in [0.1, 0.15) is 11.1 Å². The van der Waals surface area contributed by atoms with Gasteiger partial charge in [0.1, 0.15) is 11.5 Å². The van der Waals surface area contributed by atoms with Gasteiger partial charge in [-0.2, -0.15) is 0 Å². The van der Waals surface area contributed by atoms with E-state index in [2.05, 4.69) is 0 Å². The van der Waals surface area contributed by atoms with Crippen LogP contribution in [-0.4, -0.2) is 22.6 Å². The molecule has 0 saturated heterocycles. The lowest BCUT2D eigenvalue weighted by molar-refractivity contribution is 0.394. The number of ether oxygens (including phenoxy) is 2. The van der Waals surface area contributed by atoms with Crippen molar-refractivity contribution in [1.82, 2.24) is 0 Å². The van der Waals surface area contributed by atoms with E-state index in [0.29, 0.717) is 17.2 Å². The molecule has 0 saturated carbocycles. The molecule has 0 bridgehead atoms. The molecule has 28 heavy (non-hydrogen) atoms. The minimum Gasteiger partial charge on any atom is -0.497 e. The van der Waals surface area contributed by atoms with Gasteiger partial charge in [0.25, 0.3) is 10.0 Å². The van der Waals surface area contributed by atoms with Gasteiger partial charge in [0.15, 0.2) is 0 Å². The molecule has 0 amide bonds. The lowest BCUT2D eigenvalue weighted by atomic mass is 10.1. The number of benzene rings is 3. The summed E-state index contributed by atoms with van der Waals surface area (Å²) in [5, 5.41) is 0. The van der Waals surface area contributed by atoms with Gasteiger partial charge in [-0.05, 0) is 36.8 Å². The van der Waals surface area contributed by atoms with Crippen LogP contribution in [0.5, 0.6) is 11.5 Å². The molecule has 3 rings (SSSR count). The molecular formula is C22H23NO4S. The summed E-state index contributed by atoms with van der Waals surface area (Å²) in [5.41, 5.74) is 2.44. The maximum absolute atomic E-state index is 13.5. The molecule has 146 valence electrons. The van der Waals surface area contributed by atoms with Crippen LogP contribution in [0, 0.1) is 6.92 Å². The van der Waals surface area contributed by atoms with Crippen LogP contribution < -0.4 is 13.8 Å². The Labute approximate surface area is 166 Å². The third-order valence-electron chi connectivity index (χ3n) is 4.43. The second kappa shape index (κ2) is 8.35. The number of sulfonamides is 1. The Morgan fingerprint density at radius 3 is 2.14 bits per heavy atom. The van der Waals surface area contributed by atoms with Crippen molar-refractivity contribution in [3.8, 4) is 11.5 Å². The lowest BCUT2D eigenvalue weighted by Crippen LogP contribution is -2.31. The van der Waals surface area contributed by atoms with Gasteiger partial charge in [0.2, 0.25) is 0 Å². The SMILES string of the molecule is COc1ccc(N(Cc2ccc(C)cc2)S(=O)(=O)c2ccccc2)c(OC)c1. The van der Waals surface area contributed by atoms with Crippen LogP contribution in [0.25, 0.3) is 0 Å². The first-order chi connectivity index (χ1) is 13.5. The molecule has 0 aliphatic carbocycles. The second-order valence-corrected chi connectivity index (χ2v) is 8.21. The van der Waals surface area contributed by atoms with Crippen LogP contribution in [0.15, 0.2) is 77.7 Å². The largest absolute Gasteiger partial charge is 0.497 e. The van der Waals surface area contributed by atoms with Crippen molar-refractivity contribution in [3.05, 3.63) is 83.9 Å². The van der Waals surface area contributed by atoms with Gasteiger partial charge in [0.05, 0.1) is 31.3 Å². The Hall–Kier alpha value is -2.99. The molecule has 0 aromatic heterocycles. The van der Waals surface area contributed by atoms with Crippen molar-refractivity contribution in [2.24, 2.45) is 0 Å². The Kier molecular flexibility index (Phi) is 5.90. The van der Waals surface area contributed by atoms with E-state index in [4.69, 9.17) is 9.47 Å². The summed E-state index contributed by atoms with van der Waals surface area (Å²) in [5.74, 6) is 1.01. The molecule has 0 spiro atoms. The summed E-state index contributed by atoms with van der Waals surface area (Å²) >= 11 is 0. The fourth-order valence-corrected chi connectivity index (χ4v) is 4.35. The van der Waals surface area contributed by atoms with E-state index in [0.717, 1.165) is 11.1 Å². The van der Waals surface area contributed by atoms with Crippen molar-refractivity contribution >= 4 is 15.7 Å². The highest BCUT2D eigenvalue weighted by Gasteiger charge is 2.27. The second-order valence-electron chi connectivity index (χ2n) is 6.35. The average Bonchev–Trinajstić information content (AvgIpc) is 2.73. The third kappa shape index (κ3) is 4.12. The molecular weight excluding hydrogens is 374 g/mol. The van der Waals surface area contributed by atoms with Gasteiger partial charge >= 0.3 is 0 Å². The third-order valence-corrected chi connectivity index (χ3v) is 6.21. The zero-order valence-corrected chi connectivity index (χ0v) is 16.9. The lowest BCUT2D eigenvalue weighted by Gasteiger charge is -2.26. The van der Waals surface area contributed by atoms with E-state index in [1.807, 2.05) is 31.2 Å². The van der Waals surface area contributed by atoms with Gasteiger partial charge in [-0.3, -0.25) is 4.31 Å². The predicted molar refractivity (Wildman–Crippen MR) is 111 cm³/mol. The van der Waals surface area contributed by atoms with Crippen molar-refractivity contribution in [3.63, 3.8) is 0 Å². The highest BCUT2D eigenvalue weighted by atomic mass is 32.2. The minimum absolute atomic E-state index is 0.181. The Morgan fingerprint density at radius 1 is 0.857 bits per heavy atom. The summed E-state index contributed by atoms with van der Waals surface area (Å²) in [6.45, 7) is 2.18. The minimum atomic E-state index is -3.80. The van der Waals surface area contributed by atoms with Gasteiger partial charge in [-0.25, -0.2) is 8.42 Å². The number of rotatable bonds is 7. The smallest absolute Gasteiger partial charge is 0.264 e. The van der Waals surface area contributed by atoms with Gasteiger partial charge < -0.3 is 9.47 Å². The summed E-state index contributed by atoms with van der Waals surface area (Å²) in [7, 11) is -0.736. The monoisotopic (exact) mass is 397 g/mol. The molecule has 0 radical (unpaired) electrons. The highest BCUT2D eigenvalue weighted by molar-refractivity contribution is 7.92. The Balaban J connectivity index is 2.13. The first-order valence-electron chi connectivity index (χ1n) is 8.81. The molecule has 0 aliphatic heterocycles. The maximum Gasteiger partial charge on any atom is 0.264 e. The van der Waals surface area contributed by atoms with E-state index in [1.165, 1.54) is 11.4 Å². The molecule has 0 N–H and O–H groups in total. The molecule has 0 atom stereocenters. The number of nitrogens with zero attached hydrogens (tertiary/aromatic N) is 1. The number of methoxy groups -OCH3 is 2. The molecule has 5 nitrogen and oxygen atoms in total. The zero-order valence-electron chi connectivity index (χ0n) is 16.1. The summed E-state index contributed by atoms with van der Waals surface area (Å²) in [4.78, 5) is 0.222. The van der Waals surface area contributed by atoms with Crippen molar-refractivity contribution in [2.45, 2.75) is 18.4 Å². The first-order valence-corrected chi connectivity index (χ1v) is 10.2. The quantitative estimate of drug-likeness (QED) is 0.593. The van der Waals surface area contributed by atoms with E-state index >= 15 is 0 Å². The van der Waals surface area contributed by atoms with E-state index < -0.39 is 10.0 Å². The maximum atomic E-state index is 13.5. The first kappa shape index (κ1) is 19.8. The van der Waals surface area contributed by atoms with E-state index in [-0.39, 0.29) is 11.4 Å². The molecule has 3 aromatic carbocycles. The van der Waals surface area contributed by atoms with Gasteiger partial charge in [-0.15, -0.1) is 0 Å². The highest BCUT2D eigenvalue weighted by Crippen LogP contribution is 2.36. The Morgan fingerprint density at radius 2 is 1.54 bits per heavy atom. The molecule has 0 aliphatic rings. The molecule has 0 heterocycles. The summed E-state index contributed by atoms with van der Waals surface area (Å²) in [6, 6.07) is 21.3. The molecule has 3 aromatic rings.